The smallest absolute Gasteiger partial charge is 0.185 e. The summed E-state index contributed by atoms with van der Waals surface area (Å²) in [6.07, 6.45) is 0. The highest BCUT2D eigenvalue weighted by Gasteiger charge is 2.26. The van der Waals surface area contributed by atoms with Gasteiger partial charge < -0.3 is 0 Å². The van der Waals surface area contributed by atoms with E-state index in [1.807, 2.05) is 57.2 Å². The Bertz CT molecular complexity index is 720. The molecule has 0 amide bonds. The van der Waals surface area contributed by atoms with Crippen LogP contribution in [-0.2, 0) is 0 Å². The van der Waals surface area contributed by atoms with E-state index in [4.69, 9.17) is 0 Å². The molecule has 0 bridgehead atoms. The Morgan fingerprint density at radius 1 is 1.14 bits per heavy atom. The van der Waals surface area contributed by atoms with Crippen LogP contribution in [0.5, 0.6) is 0 Å². The first-order valence-corrected chi connectivity index (χ1v) is 7.51. The van der Waals surface area contributed by atoms with E-state index in [0.29, 0.717) is 11.1 Å². The average Bonchev–Trinajstić information content (AvgIpc) is 2.40. The molecule has 1 atom stereocenters. The van der Waals surface area contributed by atoms with Crippen LogP contribution in [0.25, 0.3) is 0 Å². The number of hydrogen-bond donors (Lipinski definition) is 0. The van der Waals surface area contributed by atoms with E-state index in [-0.39, 0.29) is 5.78 Å². The number of Topliss-reactive ketones (excluding diaryl/α,β-unsaturated/α-hetero) is 1. The van der Waals surface area contributed by atoms with Gasteiger partial charge in [0, 0.05) is 10.0 Å². The molecule has 0 aliphatic rings. The lowest BCUT2D eigenvalue weighted by Gasteiger charge is -2.15. The van der Waals surface area contributed by atoms with Crippen molar-refractivity contribution in [1.82, 2.24) is 0 Å². The van der Waals surface area contributed by atoms with Crippen molar-refractivity contribution in [3.05, 3.63) is 68.7 Å². The molecule has 106 valence electrons. The molecule has 0 spiro atoms. The summed E-state index contributed by atoms with van der Waals surface area (Å²) in [5.41, 5.74) is 4.33. The van der Waals surface area contributed by atoms with Crippen LogP contribution in [0.4, 0.5) is 0 Å². The molecule has 0 aliphatic heterocycles. The summed E-state index contributed by atoms with van der Waals surface area (Å²) in [4.78, 5) is 12.8. The average molecular weight is 342 g/mol. The maximum absolute atomic E-state index is 12.8. The molecule has 0 fully saturated rings. The Labute approximate surface area is 133 Å². The minimum atomic E-state index is -0.791. The first-order chi connectivity index (χ1) is 9.95. The van der Waals surface area contributed by atoms with E-state index in [9.17, 15) is 10.1 Å². The molecular formula is C18H16BrNO. The molecule has 1 unspecified atom stereocenters. The molecule has 21 heavy (non-hydrogen) atoms. The fraction of sp³-hybridized carbons (Fsp3) is 0.222. The van der Waals surface area contributed by atoms with Crippen molar-refractivity contribution in [2.45, 2.75) is 26.7 Å². The number of rotatable bonds is 3. The van der Waals surface area contributed by atoms with Gasteiger partial charge in [0.05, 0.1) is 6.07 Å². The van der Waals surface area contributed by atoms with Gasteiger partial charge in [-0.05, 0) is 43.5 Å². The largest absolute Gasteiger partial charge is 0.292 e. The summed E-state index contributed by atoms with van der Waals surface area (Å²) in [5, 5.41) is 9.48. The fourth-order valence-corrected chi connectivity index (χ4v) is 3.21. The maximum Gasteiger partial charge on any atom is 0.185 e. The number of aryl methyl sites for hydroxylation is 3. The molecule has 0 saturated carbocycles. The quantitative estimate of drug-likeness (QED) is 0.747. The van der Waals surface area contributed by atoms with E-state index in [2.05, 4.69) is 22.0 Å². The van der Waals surface area contributed by atoms with E-state index in [1.54, 1.807) is 0 Å². The standard InChI is InChI=1S/C18H16BrNO/c1-11-8-12(2)17(13(3)9-11)18(21)15(10-20)14-6-4-5-7-16(14)19/h4-9,15H,1-3H3. The number of nitriles is 1. The third-order valence-corrected chi connectivity index (χ3v) is 4.25. The van der Waals surface area contributed by atoms with Gasteiger partial charge in [-0.25, -0.2) is 0 Å². The molecule has 0 heterocycles. The van der Waals surface area contributed by atoms with E-state index in [1.165, 1.54) is 0 Å². The molecule has 0 aliphatic carbocycles. The summed E-state index contributed by atoms with van der Waals surface area (Å²) in [7, 11) is 0. The summed E-state index contributed by atoms with van der Waals surface area (Å²) in [6.45, 7) is 5.84. The van der Waals surface area contributed by atoms with Gasteiger partial charge in [-0.15, -0.1) is 0 Å². The molecular weight excluding hydrogens is 326 g/mol. The van der Waals surface area contributed by atoms with Gasteiger partial charge in [-0.1, -0.05) is 51.8 Å². The molecule has 0 N–H and O–H groups in total. The number of hydrogen-bond acceptors (Lipinski definition) is 2. The van der Waals surface area contributed by atoms with Crippen molar-refractivity contribution < 1.29 is 4.79 Å². The molecule has 2 aromatic carbocycles. The molecule has 3 heteroatoms. The van der Waals surface area contributed by atoms with E-state index in [0.717, 1.165) is 21.2 Å². The Balaban J connectivity index is 2.53. The second-order valence-electron chi connectivity index (χ2n) is 5.22. The van der Waals surface area contributed by atoms with Crippen LogP contribution >= 0.6 is 15.9 Å². The molecule has 2 rings (SSSR count). The second kappa shape index (κ2) is 6.24. The van der Waals surface area contributed by atoms with E-state index >= 15 is 0 Å². The maximum atomic E-state index is 12.8. The van der Waals surface area contributed by atoms with Gasteiger partial charge in [0.15, 0.2) is 5.78 Å². The van der Waals surface area contributed by atoms with Crippen LogP contribution in [0, 0.1) is 32.1 Å². The van der Waals surface area contributed by atoms with Crippen molar-refractivity contribution in [1.29, 1.82) is 5.26 Å². The van der Waals surface area contributed by atoms with Gasteiger partial charge >= 0.3 is 0 Å². The predicted molar refractivity (Wildman–Crippen MR) is 87.5 cm³/mol. The lowest BCUT2D eigenvalue weighted by Crippen LogP contribution is -2.15. The Kier molecular flexibility index (Phi) is 4.59. The molecule has 0 saturated heterocycles. The summed E-state index contributed by atoms with van der Waals surface area (Å²) in [5.74, 6) is -0.930. The van der Waals surface area contributed by atoms with Crippen LogP contribution in [0.3, 0.4) is 0 Å². The van der Waals surface area contributed by atoms with Gasteiger partial charge in [-0.2, -0.15) is 5.26 Å². The van der Waals surface area contributed by atoms with Gasteiger partial charge in [0.25, 0.3) is 0 Å². The first-order valence-electron chi connectivity index (χ1n) is 6.71. The molecule has 0 radical (unpaired) electrons. The zero-order valence-electron chi connectivity index (χ0n) is 12.3. The topological polar surface area (TPSA) is 40.9 Å². The number of nitrogens with zero attached hydrogens (tertiary/aromatic N) is 1. The number of carbonyl (C=O) groups is 1. The van der Waals surface area contributed by atoms with Crippen molar-refractivity contribution in [2.75, 3.05) is 0 Å². The zero-order chi connectivity index (χ0) is 15.6. The monoisotopic (exact) mass is 341 g/mol. The zero-order valence-corrected chi connectivity index (χ0v) is 13.9. The predicted octanol–water partition coefficient (Wildman–Crippen LogP) is 4.86. The number of halogens is 1. The van der Waals surface area contributed by atoms with Crippen LogP contribution in [0.1, 0.15) is 38.5 Å². The number of carbonyl (C=O) groups excluding carboxylic acids is 1. The Hall–Kier alpha value is -1.92. The molecule has 2 aromatic rings. The first kappa shape index (κ1) is 15.5. The highest BCUT2D eigenvalue weighted by atomic mass is 79.9. The molecule has 0 aromatic heterocycles. The fourth-order valence-electron chi connectivity index (χ4n) is 2.69. The van der Waals surface area contributed by atoms with Crippen LogP contribution < -0.4 is 0 Å². The third kappa shape index (κ3) is 3.06. The van der Waals surface area contributed by atoms with Crippen molar-refractivity contribution in [3.63, 3.8) is 0 Å². The summed E-state index contributed by atoms with van der Waals surface area (Å²) >= 11 is 3.42. The minimum Gasteiger partial charge on any atom is -0.292 e. The van der Waals surface area contributed by atoms with Crippen molar-refractivity contribution in [3.8, 4) is 6.07 Å². The SMILES string of the molecule is Cc1cc(C)c(C(=O)C(C#N)c2ccccc2Br)c(C)c1. The minimum absolute atomic E-state index is 0.139. The van der Waals surface area contributed by atoms with Crippen LogP contribution in [0.15, 0.2) is 40.9 Å². The van der Waals surface area contributed by atoms with Crippen LogP contribution in [0.2, 0.25) is 0 Å². The van der Waals surface area contributed by atoms with Gasteiger partial charge in [-0.3, -0.25) is 4.79 Å². The Morgan fingerprint density at radius 2 is 1.71 bits per heavy atom. The van der Waals surface area contributed by atoms with Crippen LogP contribution in [-0.4, -0.2) is 5.78 Å². The third-order valence-electron chi connectivity index (χ3n) is 3.53. The number of ketones is 1. The van der Waals surface area contributed by atoms with Gasteiger partial charge in [0.1, 0.15) is 5.92 Å². The van der Waals surface area contributed by atoms with Gasteiger partial charge in [0.2, 0.25) is 0 Å². The lowest BCUT2D eigenvalue weighted by molar-refractivity contribution is 0.0977. The highest BCUT2D eigenvalue weighted by molar-refractivity contribution is 9.10. The second-order valence-corrected chi connectivity index (χ2v) is 6.08. The highest BCUT2D eigenvalue weighted by Crippen LogP contribution is 2.29. The summed E-state index contributed by atoms with van der Waals surface area (Å²) in [6, 6.07) is 13.5. The van der Waals surface area contributed by atoms with Crippen molar-refractivity contribution >= 4 is 21.7 Å². The number of benzene rings is 2. The van der Waals surface area contributed by atoms with Crippen molar-refractivity contribution in [2.24, 2.45) is 0 Å². The normalized spacial score (nSPS) is 11.8. The molecule has 2 nitrogen and oxygen atoms in total. The van der Waals surface area contributed by atoms with E-state index < -0.39 is 5.92 Å². The Morgan fingerprint density at radius 3 is 2.24 bits per heavy atom. The lowest BCUT2D eigenvalue weighted by atomic mass is 9.87. The summed E-state index contributed by atoms with van der Waals surface area (Å²) < 4.78 is 0.785.